The van der Waals surface area contributed by atoms with E-state index in [9.17, 15) is 13.2 Å². The number of hydrogen-bond donors (Lipinski definition) is 0. The van der Waals surface area contributed by atoms with Crippen LogP contribution in [0.4, 0.5) is 18.9 Å². The zero-order valence-corrected chi connectivity index (χ0v) is 12.2. The molecule has 6 heteroatoms. The van der Waals surface area contributed by atoms with Crippen molar-refractivity contribution in [3.63, 3.8) is 0 Å². The molecule has 0 saturated heterocycles. The number of hydrogen-bond acceptors (Lipinski definition) is 2. The molecule has 0 N–H and O–H groups in total. The van der Waals surface area contributed by atoms with Crippen LogP contribution < -0.4 is 9.64 Å². The van der Waals surface area contributed by atoms with Gasteiger partial charge in [-0.15, -0.1) is 13.2 Å². The summed E-state index contributed by atoms with van der Waals surface area (Å²) in [5.74, 6) is -0.254. The van der Waals surface area contributed by atoms with E-state index in [-0.39, 0.29) is 5.75 Å². The van der Waals surface area contributed by atoms with Crippen LogP contribution in [0.25, 0.3) is 11.1 Å². The van der Waals surface area contributed by atoms with Gasteiger partial charge in [-0.25, -0.2) is 0 Å². The fourth-order valence-corrected chi connectivity index (χ4v) is 2.19. The third-order valence-corrected chi connectivity index (χ3v) is 3.08. The topological polar surface area (TPSA) is 12.5 Å². The van der Waals surface area contributed by atoms with Crippen molar-refractivity contribution in [1.29, 1.82) is 0 Å². The van der Waals surface area contributed by atoms with Crippen molar-refractivity contribution in [2.75, 3.05) is 19.0 Å². The highest BCUT2D eigenvalue weighted by Gasteiger charge is 2.32. The van der Waals surface area contributed by atoms with Crippen LogP contribution in [0, 0.1) is 0 Å². The van der Waals surface area contributed by atoms with Gasteiger partial charge in [0.25, 0.3) is 0 Å². The first-order valence-corrected chi connectivity index (χ1v) is 6.48. The van der Waals surface area contributed by atoms with Crippen molar-refractivity contribution < 1.29 is 17.9 Å². The summed E-state index contributed by atoms with van der Waals surface area (Å²) in [6, 6.07) is 11.1. The van der Waals surface area contributed by atoms with E-state index in [1.807, 2.05) is 0 Å². The van der Waals surface area contributed by atoms with Crippen molar-refractivity contribution >= 4 is 17.3 Å². The Kier molecular flexibility index (Phi) is 4.32. The number of para-hydroxylation sites is 1. The molecule has 0 aliphatic carbocycles. The van der Waals surface area contributed by atoms with Gasteiger partial charge in [0.2, 0.25) is 0 Å². The Bertz CT molecular complexity index is 641. The van der Waals surface area contributed by atoms with Gasteiger partial charge < -0.3 is 9.64 Å². The van der Waals surface area contributed by atoms with Gasteiger partial charge in [0.15, 0.2) is 0 Å². The predicted molar refractivity (Wildman–Crippen MR) is 77.9 cm³/mol. The number of rotatable bonds is 3. The molecule has 0 aromatic heterocycles. The van der Waals surface area contributed by atoms with Crippen LogP contribution in [0.2, 0.25) is 5.02 Å². The van der Waals surface area contributed by atoms with E-state index in [0.29, 0.717) is 16.1 Å². The molecule has 2 rings (SSSR count). The van der Waals surface area contributed by atoms with Gasteiger partial charge in [0.1, 0.15) is 5.75 Å². The Hall–Kier alpha value is -1.88. The van der Waals surface area contributed by atoms with E-state index >= 15 is 0 Å². The molecule has 0 bridgehead atoms. The first-order valence-electron chi connectivity index (χ1n) is 6.10. The molecule has 0 atom stereocenters. The van der Waals surface area contributed by atoms with E-state index in [1.54, 1.807) is 49.3 Å². The summed E-state index contributed by atoms with van der Waals surface area (Å²) in [7, 11) is 3.61. The fraction of sp³-hybridized carbons (Fsp3) is 0.200. The first-order chi connectivity index (χ1) is 9.78. The minimum absolute atomic E-state index is 0.254. The van der Waals surface area contributed by atoms with Crippen molar-refractivity contribution in [2.24, 2.45) is 0 Å². The molecule has 0 unspecified atom stereocenters. The highest BCUT2D eigenvalue weighted by molar-refractivity contribution is 6.31. The van der Waals surface area contributed by atoms with Crippen molar-refractivity contribution in [2.45, 2.75) is 6.36 Å². The molecule has 0 aliphatic rings. The third kappa shape index (κ3) is 3.82. The maximum atomic E-state index is 12.5. The van der Waals surface area contributed by atoms with Gasteiger partial charge in [-0.2, -0.15) is 0 Å². The number of halogens is 4. The minimum atomic E-state index is -4.74. The van der Waals surface area contributed by atoms with Gasteiger partial charge in [0, 0.05) is 35.9 Å². The average molecular weight is 316 g/mol. The van der Waals surface area contributed by atoms with Gasteiger partial charge in [-0.1, -0.05) is 29.8 Å². The molecule has 2 aromatic carbocycles. The van der Waals surface area contributed by atoms with E-state index in [4.69, 9.17) is 11.6 Å². The molecular formula is C15H13ClF3NO. The lowest BCUT2D eigenvalue weighted by molar-refractivity contribution is -0.274. The van der Waals surface area contributed by atoms with Crippen LogP contribution in [-0.4, -0.2) is 20.5 Å². The lowest BCUT2D eigenvalue weighted by Gasteiger charge is -2.20. The highest BCUT2D eigenvalue weighted by Crippen LogP contribution is 2.39. The second kappa shape index (κ2) is 5.85. The minimum Gasteiger partial charge on any atom is -0.405 e. The molecule has 0 spiro atoms. The largest absolute Gasteiger partial charge is 0.573 e. The molecule has 0 aliphatic heterocycles. The van der Waals surface area contributed by atoms with Crippen LogP contribution >= 0.6 is 11.6 Å². The maximum Gasteiger partial charge on any atom is 0.573 e. The van der Waals surface area contributed by atoms with Crippen LogP contribution in [-0.2, 0) is 0 Å². The molecule has 112 valence electrons. The van der Waals surface area contributed by atoms with Gasteiger partial charge in [0.05, 0.1) is 0 Å². The summed E-state index contributed by atoms with van der Waals surface area (Å²) in [5.41, 5.74) is 1.66. The molecule has 21 heavy (non-hydrogen) atoms. The molecule has 2 nitrogen and oxygen atoms in total. The summed E-state index contributed by atoms with van der Waals surface area (Å²) in [4.78, 5) is 1.80. The quantitative estimate of drug-likeness (QED) is 0.792. The molecule has 2 aromatic rings. The first kappa shape index (κ1) is 15.5. The Morgan fingerprint density at radius 2 is 1.67 bits per heavy atom. The second-order valence-corrected chi connectivity index (χ2v) is 5.04. The van der Waals surface area contributed by atoms with Gasteiger partial charge >= 0.3 is 6.36 Å². The maximum absolute atomic E-state index is 12.5. The Balaban J connectivity index is 2.59. The molecule has 0 radical (unpaired) electrons. The van der Waals surface area contributed by atoms with E-state index < -0.39 is 6.36 Å². The summed E-state index contributed by atoms with van der Waals surface area (Å²) < 4.78 is 41.7. The molecule has 0 saturated carbocycles. The number of nitrogens with zero attached hydrogens (tertiary/aromatic N) is 1. The van der Waals surface area contributed by atoms with Crippen molar-refractivity contribution in [3.05, 3.63) is 47.5 Å². The Morgan fingerprint density at radius 1 is 1.00 bits per heavy atom. The SMILES string of the molecule is CN(C)c1ccc(Cl)cc1-c1ccccc1OC(F)(F)F. The van der Waals surface area contributed by atoms with Crippen LogP contribution in [0.1, 0.15) is 0 Å². The summed E-state index contributed by atoms with van der Waals surface area (Å²) >= 11 is 5.98. The summed E-state index contributed by atoms with van der Waals surface area (Å²) in [6.07, 6.45) is -4.74. The predicted octanol–water partition coefficient (Wildman–Crippen LogP) is 4.97. The smallest absolute Gasteiger partial charge is 0.405 e. The lowest BCUT2D eigenvalue weighted by atomic mass is 10.0. The van der Waals surface area contributed by atoms with Crippen molar-refractivity contribution in [1.82, 2.24) is 0 Å². The second-order valence-electron chi connectivity index (χ2n) is 4.60. The van der Waals surface area contributed by atoms with Crippen LogP contribution in [0.3, 0.4) is 0 Å². The number of anilines is 1. The van der Waals surface area contributed by atoms with E-state index in [2.05, 4.69) is 4.74 Å². The van der Waals surface area contributed by atoms with Gasteiger partial charge in [-0.3, -0.25) is 0 Å². The molecular weight excluding hydrogens is 303 g/mol. The average Bonchev–Trinajstić information content (AvgIpc) is 2.37. The number of alkyl halides is 3. The standard InChI is InChI=1S/C15H13ClF3NO/c1-20(2)13-8-7-10(16)9-12(13)11-5-3-4-6-14(11)21-15(17,18)19/h3-9H,1-2H3. The van der Waals surface area contributed by atoms with E-state index in [1.165, 1.54) is 12.1 Å². The monoisotopic (exact) mass is 315 g/mol. The molecule has 0 heterocycles. The lowest BCUT2D eigenvalue weighted by Crippen LogP contribution is -2.18. The summed E-state index contributed by atoms with van der Waals surface area (Å²) in [5, 5.41) is 0.442. The normalized spacial score (nSPS) is 11.3. The Labute approximate surface area is 125 Å². The zero-order chi connectivity index (χ0) is 15.6. The highest BCUT2D eigenvalue weighted by atomic mass is 35.5. The third-order valence-electron chi connectivity index (χ3n) is 2.84. The zero-order valence-electron chi connectivity index (χ0n) is 11.4. The van der Waals surface area contributed by atoms with Crippen LogP contribution in [0.5, 0.6) is 5.75 Å². The fourth-order valence-electron chi connectivity index (χ4n) is 2.02. The summed E-state index contributed by atoms with van der Waals surface area (Å²) in [6.45, 7) is 0. The Morgan fingerprint density at radius 3 is 2.29 bits per heavy atom. The van der Waals surface area contributed by atoms with Crippen LogP contribution in [0.15, 0.2) is 42.5 Å². The number of benzene rings is 2. The van der Waals surface area contributed by atoms with Gasteiger partial charge in [-0.05, 0) is 24.3 Å². The van der Waals surface area contributed by atoms with E-state index in [0.717, 1.165) is 5.69 Å². The van der Waals surface area contributed by atoms with Crippen molar-refractivity contribution in [3.8, 4) is 16.9 Å². The number of ether oxygens (including phenoxy) is 1. The molecule has 0 amide bonds. The molecule has 0 fully saturated rings.